The summed E-state index contributed by atoms with van der Waals surface area (Å²) in [6.07, 6.45) is 0.0694. The maximum absolute atomic E-state index is 10.4. The molecule has 0 heterocycles. The molecule has 0 radical (unpaired) electrons. The van der Waals surface area contributed by atoms with Crippen molar-refractivity contribution in [2.45, 2.75) is 6.42 Å². The van der Waals surface area contributed by atoms with E-state index in [-0.39, 0.29) is 6.42 Å². The van der Waals surface area contributed by atoms with Gasteiger partial charge in [0.15, 0.2) is 0 Å². The fourth-order valence-electron chi connectivity index (χ4n) is 1.02. The molecule has 14 heavy (non-hydrogen) atoms. The SMILES string of the molecule is O=C(O)Cc1ccc(C#CCI)cc1. The van der Waals surface area contributed by atoms with E-state index in [2.05, 4.69) is 34.4 Å². The monoisotopic (exact) mass is 300 g/mol. The van der Waals surface area contributed by atoms with Crippen LogP contribution < -0.4 is 0 Å². The van der Waals surface area contributed by atoms with Crippen LogP contribution in [0.25, 0.3) is 0 Å². The number of hydrogen-bond acceptors (Lipinski definition) is 1. The largest absolute Gasteiger partial charge is 0.481 e. The molecule has 72 valence electrons. The topological polar surface area (TPSA) is 37.3 Å². The zero-order valence-electron chi connectivity index (χ0n) is 7.46. The van der Waals surface area contributed by atoms with Crippen LogP contribution in [-0.4, -0.2) is 15.5 Å². The predicted molar refractivity (Wildman–Crippen MR) is 63.5 cm³/mol. The van der Waals surface area contributed by atoms with Crippen LogP contribution in [0.5, 0.6) is 0 Å². The highest BCUT2D eigenvalue weighted by Gasteiger charge is 1.98. The quantitative estimate of drug-likeness (QED) is 0.516. The highest BCUT2D eigenvalue weighted by molar-refractivity contribution is 14.1. The lowest BCUT2D eigenvalue weighted by molar-refractivity contribution is -0.136. The number of carbonyl (C=O) groups is 1. The molecule has 0 aliphatic carbocycles. The molecule has 0 fully saturated rings. The molecule has 0 bridgehead atoms. The molecule has 1 aromatic carbocycles. The molecule has 0 aromatic heterocycles. The molecule has 0 aliphatic rings. The summed E-state index contributed by atoms with van der Waals surface area (Å²) in [7, 11) is 0. The molecule has 0 aliphatic heterocycles. The highest BCUT2D eigenvalue weighted by atomic mass is 127. The first-order valence-electron chi connectivity index (χ1n) is 4.08. The normalized spacial score (nSPS) is 8.93. The van der Waals surface area contributed by atoms with E-state index < -0.39 is 5.97 Å². The summed E-state index contributed by atoms with van der Waals surface area (Å²) in [5.41, 5.74) is 1.73. The summed E-state index contributed by atoms with van der Waals surface area (Å²) in [6, 6.07) is 7.28. The van der Waals surface area contributed by atoms with E-state index in [0.717, 1.165) is 15.6 Å². The second-order valence-corrected chi connectivity index (χ2v) is 3.47. The molecular formula is C11H9IO2. The number of halogens is 1. The molecule has 0 saturated heterocycles. The Morgan fingerprint density at radius 1 is 1.36 bits per heavy atom. The summed E-state index contributed by atoms with van der Waals surface area (Å²) in [4.78, 5) is 10.4. The van der Waals surface area contributed by atoms with Gasteiger partial charge in [-0.25, -0.2) is 0 Å². The first-order valence-corrected chi connectivity index (χ1v) is 5.60. The Morgan fingerprint density at radius 2 is 2.00 bits per heavy atom. The van der Waals surface area contributed by atoms with Gasteiger partial charge in [0.25, 0.3) is 0 Å². The Balaban J connectivity index is 2.73. The van der Waals surface area contributed by atoms with E-state index in [9.17, 15) is 4.79 Å². The number of carboxylic acids is 1. The Morgan fingerprint density at radius 3 is 2.50 bits per heavy atom. The third-order valence-electron chi connectivity index (χ3n) is 1.61. The number of alkyl halides is 1. The van der Waals surface area contributed by atoms with Crippen LogP contribution >= 0.6 is 22.6 Å². The minimum atomic E-state index is -0.809. The third-order valence-corrected chi connectivity index (χ3v) is 1.99. The average Bonchev–Trinajstić information content (AvgIpc) is 2.16. The van der Waals surface area contributed by atoms with Gasteiger partial charge in [0.05, 0.1) is 10.8 Å². The van der Waals surface area contributed by atoms with Crippen molar-refractivity contribution in [2.24, 2.45) is 0 Å². The first-order chi connectivity index (χ1) is 6.72. The Hall–Kier alpha value is -1.02. The number of rotatable bonds is 2. The van der Waals surface area contributed by atoms with Crippen LogP contribution in [-0.2, 0) is 11.2 Å². The van der Waals surface area contributed by atoms with Gasteiger partial charge < -0.3 is 5.11 Å². The molecule has 1 aromatic rings. The molecular weight excluding hydrogens is 291 g/mol. The summed E-state index contributed by atoms with van der Waals surface area (Å²) < 4.78 is 0.800. The fraction of sp³-hybridized carbons (Fsp3) is 0.182. The van der Waals surface area contributed by atoms with Crippen LogP contribution in [0.15, 0.2) is 24.3 Å². The van der Waals surface area contributed by atoms with Crippen LogP contribution in [0.3, 0.4) is 0 Å². The van der Waals surface area contributed by atoms with Gasteiger partial charge in [-0.3, -0.25) is 4.79 Å². The van der Waals surface area contributed by atoms with Gasteiger partial charge in [-0.15, -0.1) is 0 Å². The van der Waals surface area contributed by atoms with Crippen LogP contribution in [0.1, 0.15) is 11.1 Å². The van der Waals surface area contributed by atoms with Crippen molar-refractivity contribution in [1.82, 2.24) is 0 Å². The van der Waals surface area contributed by atoms with Crippen LogP contribution in [0.2, 0.25) is 0 Å². The van der Waals surface area contributed by atoms with E-state index in [1.54, 1.807) is 12.1 Å². The van der Waals surface area contributed by atoms with Gasteiger partial charge in [0.2, 0.25) is 0 Å². The lowest BCUT2D eigenvalue weighted by Gasteiger charge is -1.96. The summed E-state index contributed by atoms with van der Waals surface area (Å²) in [6.45, 7) is 0. The van der Waals surface area contributed by atoms with Crippen molar-refractivity contribution in [3.8, 4) is 11.8 Å². The van der Waals surface area contributed by atoms with Gasteiger partial charge in [-0.1, -0.05) is 46.6 Å². The van der Waals surface area contributed by atoms with Crippen LogP contribution in [0, 0.1) is 11.8 Å². The van der Waals surface area contributed by atoms with Crippen molar-refractivity contribution in [3.63, 3.8) is 0 Å². The van der Waals surface area contributed by atoms with Crippen molar-refractivity contribution in [3.05, 3.63) is 35.4 Å². The van der Waals surface area contributed by atoms with Gasteiger partial charge in [-0.2, -0.15) is 0 Å². The maximum atomic E-state index is 10.4. The van der Waals surface area contributed by atoms with Gasteiger partial charge in [-0.05, 0) is 17.7 Å². The third kappa shape index (κ3) is 3.79. The Bertz CT molecular complexity index is 371. The lowest BCUT2D eigenvalue weighted by Crippen LogP contribution is -1.99. The molecule has 1 rings (SSSR count). The van der Waals surface area contributed by atoms with Crippen molar-refractivity contribution >= 4 is 28.6 Å². The van der Waals surface area contributed by atoms with Gasteiger partial charge in [0, 0.05) is 5.56 Å². The van der Waals surface area contributed by atoms with Crippen molar-refractivity contribution in [1.29, 1.82) is 0 Å². The lowest BCUT2D eigenvalue weighted by atomic mass is 10.1. The van der Waals surface area contributed by atoms with Crippen molar-refractivity contribution in [2.75, 3.05) is 4.43 Å². The summed E-state index contributed by atoms with van der Waals surface area (Å²) in [5, 5.41) is 8.55. The average molecular weight is 300 g/mol. The highest BCUT2D eigenvalue weighted by Crippen LogP contribution is 2.04. The maximum Gasteiger partial charge on any atom is 0.307 e. The number of benzene rings is 1. The minimum absolute atomic E-state index is 0.0694. The predicted octanol–water partition coefficient (Wildman–Crippen LogP) is 2.10. The zero-order chi connectivity index (χ0) is 10.4. The molecule has 0 atom stereocenters. The smallest absolute Gasteiger partial charge is 0.307 e. The van der Waals surface area contributed by atoms with E-state index in [0.29, 0.717) is 0 Å². The first kappa shape index (κ1) is 11.1. The second kappa shape index (κ2) is 5.66. The van der Waals surface area contributed by atoms with Crippen molar-refractivity contribution < 1.29 is 9.90 Å². The fourth-order valence-corrected chi connectivity index (χ4v) is 1.21. The summed E-state index contributed by atoms with van der Waals surface area (Å²) >= 11 is 2.19. The summed E-state index contributed by atoms with van der Waals surface area (Å²) in [5.74, 6) is 5.11. The van der Waals surface area contributed by atoms with E-state index in [4.69, 9.17) is 5.11 Å². The number of hydrogen-bond donors (Lipinski definition) is 1. The molecule has 0 saturated carbocycles. The molecule has 3 heteroatoms. The number of carboxylic acid groups (broad SMARTS) is 1. The van der Waals surface area contributed by atoms with Crippen LogP contribution in [0.4, 0.5) is 0 Å². The standard InChI is InChI=1S/C11H9IO2/c12-7-1-2-9-3-5-10(6-4-9)8-11(13)14/h3-6H,7-8H2,(H,13,14). The second-order valence-electron chi connectivity index (χ2n) is 2.70. The minimum Gasteiger partial charge on any atom is -0.481 e. The molecule has 2 nitrogen and oxygen atoms in total. The van der Waals surface area contributed by atoms with Gasteiger partial charge >= 0.3 is 5.97 Å². The number of aliphatic carboxylic acids is 1. The molecule has 0 spiro atoms. The Kier molecular flexibility index (Phi) is 4.47. The molecule has 0 amide bonds. The van der Waals surface area contributed by atoms with Gasteiger partial charge in [0.1, 0.15) is 0 Å². The van der Waals surface area contributed by atoms with E-state index in [1.807, 2.05) is 12.1 Å². The Labute approximate surface area is 96.5 Å². The molecule has 0 unspecified atom stereocenters. The molecule has 1 N–H and O–H groups in total. The zero-order valence-corrected chi connectivity index (χ0v) is 9.61. The van der Waals surface area contributed by atoms with E-state index >= 15 is 0 Å². The van der Waals surface area contributed by atoms with E-state index in [1.165, 1.54) is 0 Å².